The smallest absolute Gasteiger partial charge is 0.257 e. The van der Waals surface area contributed by atoms with E-state index in [0.29, 0.717) is 11.3 Å². The Bertz CT molecular complexity index is 908. The van der Waals surface area contributed by atoms with E-state index in [1.54, 1.807) is 44.2 Å². The lowest BCUT2D eigenvalue weighted by molar-refractivity contribution is 0.0977. The molecule has 0 unspecified atom stereocenters. The SMILES string of the molecule is Cc1cccc(C(=O)NC(=S)Nc2ccc(S(=O)(=O)NC(C)C)cc2)c1. The molecule has 0 bridgehead atoms. The van der Waals surface area contributed by atoms with E-state index in [1.165, 1.54) is 12.1 Å². The molecule has 0 fully saturated rings. The molecule has 0 atom stereocenters. The van der Waals surface area contributed by atoms with Gasteiger partial charge in [-0.15, -0.1) is 0 Å². The molecule has 0 saturated heterocycles. The van der Waals surface area contributed by atoms with Crippen molar-refractivity contribution in [1.82, 2.24) is 10.0 Å². The number of carbonyl (C=O) groups excluding carboxylic acids is 1. The van der Waals surface area contributed by atoms with Crippen LogP contribution in [0.5, 0.6) is 0 Å². The van der Waals surface area contributed by atoms with Gasteiger partial charge in [0.15, 0.2) is 5.11 Å². The molecule has 2 rings (SSSR count). The number of nitrogens with one attached hydrogen (secondary N) is 3. The molecule has 2 aromatic carbocycles. The van der Waals surface area contributed by atoms with Crippen LogP contribution in [0.15, 0.2) is 53.4 Å². The minimum atomic E-state index is -3.54. The number of aryl methyl sites for hydroxylation is 1. The molecule has 0 radical (unpaired) electrons. The molecular weight excluding hydrogens is 370 g/mol. The summed E-state index contributed by atoms with van der Waals surface area (Å²) in [4.78, 5) is 12.3. The Kier molecular flexibility index (Phi) is 6.47. The van der Waals surface area contributed by atoms with Gasteiger partial charge in [-0.2, -0.15) is 0 Å². The fourth-order valence-corrected chi connectivity index (χ4v) is 3.68. The summed E-state index contributed by atoms with van der Waals surface area (Å²) in [6.45, 7) is 5.41. The second-order valence-electron chi connectivity index (χ2n) is 6.08. The van der Waals surface area contributed by atoms with Crippen molar-refractivity contribution in [2.45, 2.75) is 31.7 Å². The van der Waals surface area contributed by atoms with Crippen LogP contribution < -0.4 is 15.4 Å². The van der Waals surface area contributed by atoms with E-state index in [-0.39, 0.29) is 22.0 Å². The van der Waals surface area contributed by atoms with Crippen molar-refractivity contribution >= 4 is 38.9 Å². The van der Waals surface area contributed by atoms with E-state index in [2.05, 4.69) is 15.4 Å². The maximum Gasteiger partial charge on any atom is 0.257 e. The van der Waals surface area contributed by atoms with Gasteiger partial charge in [0.1, 0.15) is 0 Å². The average molecular weight is 392 g/mol. The van der Waals surface area contributed by atoms with E-state index in [4.69, 9.17) is 12.2 Å². The molecule has 0 spiro atoms. The van der Waals surface area contributed by atoms with Crippen molar-refractivity contribution in [3.05, 3.63) is 59.7 Å². The van der Waals surface area contributed by atoms with Crippen molar-refractivity contribution in [2.75, 3.05) is 5.32 Å². The normalized spacial score (nSPS) is 11.2. The molecule has 0 aliphatic heterocycles. The summed E-state index contributed by atoms with van der Waals surface area (Å²) in [7, 11) is -3.54. The minimum absolute atomic E-state index is 0.132. The number of amides is 1. The third-order valence-electron chi connectivity index (χ3n) is 3.32. The first kappa shape index (κ1) is 20.0. The Morgan fingerprint density at radius 1 is 1.08 bits per heavy atom. The van der Waals surface area contributed by atoms with Gasteiger partial charge in [0.05, 0.1) is 4.90 Å². The van der Waals surface area contributed by atoms with E-state index >= 15 is 0 Å². The zero-order valence-electron chi connectivity index (χ0n) is 14.7. The third kappa shape index (κ3) is 5.62. The van der Waals surface area contributed by atoms with E-state index < -0.39 is 10.0 Å². The highest BCUT2D eigenvalue weighted by atomic mass is 32.2. The molecule has 6 nitrogen and oxygen atoms in total. The molecule has 1 amide bonds. The topological polar surface area (TPSA) is 87.3 Å². The lowest BCUT2D eigenvalue weighted by Gasteiger charge is -2.12. The monoisotopic (exact) mass is 391 g/mol. The highest BCUT2D eigenvalue weighted by Gasteiger charge is 2.15. The number of benzene rings is 2. The van der Waals surface area contributed by atoms with Gasteiger partial charge in [-0.1, -0.05) is 17.7 Å². The molecule has 0 saturated carbocycles. The Morgan fingerprint density at radius 3 is 2.31 bits per heavy atom. The first-order chi connectivity index (χ1) is 12.2. The third-order valence-corrected chi connectivity index (χ3v) is 5.20. The van der Waals surface area contributed by atoms with Crippen LogP contribution in [0, 0.1) is 6.92 Å². The zero-order chi connectivity index (χ0) is 19.3. The van der Waals surface area contributed by atoms with E-state index in [0.717, 1.165) is 5.56 Å². The highest BCUT2D eigenvalue weighted by Crippen LogP contribution is 2.14. The van der Waals surface area contributed by atoms with Crippen LogP contribution in [0.2, 0.25) is 0 Å². The number of hydrogen-bond donors (Lipinski definition) is 3. The Labute approximate surface area is 159 Å². The molecule has 0 aliphatic carbocycles. The number of carbonyl (C=O) groups is 1. The molecule has 0 aromatic heterocycles. The molecule has 0 aliphatic rings. The van der Waals surface area contributed by atoms with Gasteiger partial charge in [0.25, 0.3) is 5.91 Å². The first-order valence-electron chi connectivity index (χ1n) is 7.99. The summed E-state index contributed by atoms with van der Waals surface area (Å²) in [5.41, 5.74) is 2.06. The number of hydrogen-bond acceptors (Lipinski definition) is 4. The maximum atomic E-state index is 12.2. The summed E-state index contributed by atoms with van der Waals surface area (Å²) in [5, 5.41) is 5.59. The van der Waals surface area contributed by atoms with Crippen molar-refractivity contribution in [3.63, 3.8) is 0 Å². The number of thiocarbonyl (C=S) groups is 1. The predicted molar refractivity (Wildman–Crippen MR) is 107 cm³/mol. The van der Waals surface area contributed by atoms with Crippen LogP contribution >= 0.6 is 12.2 Å². The van der Waals surface area contributed by atoms with Gasteiger partial charge >= 0.3 is 0 Å². The summed E-state index contributed by atoms with van der Waals surface area (Å²) >= 11 is 5.13. The maximum absolute atomic E-state index is 12.2. The second-order valence-corrected chi connectivity index (χ2v) is 8.20. The standard InChI is InChI=1S/C18H21N3O3S2/c1-12(2)21-26(23,24)16-9-7-15(8-10-16)19-18(25)20-17(22)14-6-4-5-13(3)11-14/h4-12,21H,1-3H3,(H2,19,20,22,25). The molecular formula is C18H21N3O3S2. The van der Waals surface area contributed by atoms with Crippen LogP contribution in [0.1, 0.15) is 29.8 Å². The average Bonchev–Trinajstić information content (AvgIpc) is 2.54. The van der Waals surface area contributed by atoms with Gasteiger partial charge in [-0.05, 0) is 69.4 Å². The van der Waals surface area contributed by atoms with Gasteiger partial charge in [-0.25, -0.2) is 13.1 Å². The molecule has 2 aromatic rings. The van der Waals surface area contributed by atoms with E-state index in [1.807, 2.05) is 13.0 Å². The summed E-state index contributed by atoms with van der Waals surface area (Å²) < 4.78 is 26.7. The first-order valence-corrected chi connectivity index (χ1v) is 9.88. The molecule has 3 N–H and O–H groups in total. The van der Waals surface area contributed by atoms with Gasteiger partial charge < -0.3 is 5.32 Å². The lowest BCUT2D eigenvalue weighted by Crippen LogP contribution is -2.34. The van der Waals surface area contributed by atoms with Crippen molar-refractivity contribution < 1.29 is 13.2 Å². The van der Waals surface area contributed by atoms with Gasteiger partial charge in [0.2, 0.25) is 10.0 Å². The van der Waals surface area contributed by atoms with Gasteiger partial charge in [-0.3, -0.25) is 10.1 Å². The van der Waals surface area contributed by atoms with Crippen LogP contribution in [0.25, 0.3) is 0 Å². The second kappa shape index (κ2) is 8.39. The fraction of sp³-hybridized carbons (Fsp3) is 0.222. The molecule has 138 valence electrons. The highest BCUT2D eigenvalue weighted by molar-refractivity contribution is 7.89. The van der Waals surface area contributed by atoms with Crippen LogP contribution in [0.4, 0.5) is 5.69 Å². The number of sulfonamides is 1. The van der Waals surface area contributed by atoms with Crippen LogP contribution in [-0.2, 0) is 10.0 Å². The Balaban J connectivity index is 2.00. The largest absolute Gasteiger partial charge is 0.332 e. The molecule has 8 heteroatoms. The Morgan fingerprint density at radius 2 is 1.73 bits per heavy atom. The quantitative estimate of drug-likeness (QED) is 0.682. The van der Waals surface area contributed by atoms with Crippen LogP contribution in [-0.4, -0.2) is 25.5 Å². The summed E-state index contributed by atoms with van der Waals surface area (Å²) in [6.07, 6.45) is 0. The summed E-state index contributed by atoms with van der Waals surface area (Å²) in [6, 6.07) is 13.1. The lowest BCUT2D eigenvalue weighted by atomic mass is 10.1. The van der Waals surface area contributed by atoms with Crippen molar-refractivity contribution in [2.24, 2.45) is 0 Å². The Hall–Kier alpha value is -2.29. The van der Waals surface area contributed by atoms with Crippen molar-refractivity contribution in [3.8, 4) is 0 Å². The summed E-state index contributed by atoms with van der Waals surface area (Å²) in [5.74, 6) is -0.313. The number of rotatable bonds is 5. The minimum Gasteiger partial charge on any atom is -0.332 e. The molecule has 26 heavy (non-hydrogen) atoms. The van der Waals surface area contributed by atoms with Gasteiger partial charge in [0, 0.05) is 17.3 Å². The fourth-order valence-electron chi connectivity index (χ4n) is 2.22. The zero-order valence-corrected chi connectivity index (χ0v) is 16.4. The number of anilines is 1. The molecule has 0 heterocycles. The van der Waals surface area contributed by atoms with Crippen molar-refractivity contribution in [1.29, 1.82) is 0 Å². The van der Waals surface area contributed by atoms with Crippen LogP contribution in [0.3, 0.4) is 0 Å². The predicted octanol–water partition coefficient (Wildman–Crippen LogP) is 2.81. The van der Waals surface area contributed by atoms with E-state index in [9.17, 15) is 13.2 Å².